The molecule has 0 unspecified atom stereocenters. The molecule has 1 amide bonds. The van der Waals surface area contributed by atoms with Gasteiger partial charge in [0.2, 0.25) is 12.2 Å². The van der Waals surface area contributed by atoms with Crippen molar-refractivity contribution in [1.29, 1.82) is 0 Å². The number of thioether (sulfide) groups is 1. The molecule has 3 aliphatic heterocycles. The first kappa shape index (κ1) is 13.4. The van der Waals surface area contributed by atoms with E-state index in [-0.39, 0.29) is 41.4 Å². The Kier molecular flexibility index (Phi) is 2.97. The van der Waals surface area contributed by atoms with E-state index in [1.165, 1.54) is 23.6 Å². The van der Waals surface area contributed by atoms with Gasteiger partial charge in [0.15, 0.2) is 1.37 Å². The molecule has 1 saturated heterocycles. The number of carbonyl (C=O) groups is 2. The summed E-state index contributed by atoms with van der Waals surface area (Å²) in [5.41, 5.74) is -0.105. The minimum atomic E-state index is -1.39. The van der Waals surface area contributed by atoms with Crippen LogP contribution in [0.2, 0.25) is 0 Å². The van der Waals surface area contributed by atoms with E-state index in [0.29, 0.717) is 18.0 Å². The van der Waals surface area contributed by atoms with Crippen LogP contribution in [-0.4, -0.2) is 48.9 Å². The van der Waals surface area contributed by atoms with Crippen LogP contribution in [0, 0.1) is 11.8 Å². The molecule has 0 spiro atoms. The second-order valence-electron chi connectivity index (χ2n) is 6.47. The van der Waals surface area contributed by atoms with E-state index < -0.39 is 18.0 Å². The minimum absolute atomic E-state index is 0.000147. The number of β-lactam (4-membered cyclic amide) rings is 1. The lowest BCUT2D eigenvalue weighted by atomic mass is 9.79. The summed E-state index contributed by atoms with van der Waals surface area (Å²) in [6.45, 7) is 4.26. The first-order valence-corrected chi connectivity index (χ1v) is 8.67. The summed E-state index contributed by atoms with van der Waals surface area (Å²) in [5, 5.41) is 21.5. The van der Waals surface area contributed by atoms with E-state index in [2.05, 4.69) is 4.98 Å². The molecule has 1 aromatic rings. The molecule has 3 aliphatic rings. The summed E-state index contributed by atoms with van der Waals surface area (Å²) in [7, 11) is 0. The Morgan fingerprint density at radius 3 is 3.04 bits per heavy atom. The summed E-state index contributed by atoms with van der Waals surface area (Å²) in [6, 6.07) is -0.369. The fourth-order valence-electron chi connectivity index (χ4n) is 3.89. The van der Waals surface area contributed by atoms with Gasteiger partial charge in [0.25, 0.3) is 0 Å². The molecule has 0 bridgehead atoms. The zero-order valence-corrected chi connectivity index (χ0v) is 14.0. The molecule has 4 rings (SSSR count). The SMILES string of the molecule is [2H]c1nc([2H])[n+]2n1CC(SC1=C(C(=O)[O-])N3C(=O)[C@H]([C@@H](C)O)[C@H]3[C@H]1C)C2. The van der Waals surface area contributed by atoms with Gasteiger partial charge in [-0.25, -0.2) is 0 Å². The Morgan fingerprint density at radius 1 is 1.67 bits per heavy atom. The number of aliphatic hydroxyl groups excluding tert-OH is 1. The molecule has 0 aromatic carbocycles. The summed E-state index contributed by atoms with van der Waals surface area (Å²) < 4.78 is 18.7. The Morgan fingerprint density at radius 2 is 2.42 bits per heavy atom. The van der Waals surface area contributed by atoms with Crippen LogP contribution >= 0.6 is 11.8 Å². The van der Waals surface area contributed by atoms with Crippen LogP contribution in [0.3, 0.4) is 0 Å². The molecule has 128 valence electrons. The topological polar surface area (TPSA) is 102 Å². The smallest absolute Gasteiger partial charge is 0.306 e. The van der Waals surface area contributed by atoms with Crippen molar-refractivity contribution < 1.29 is 27.2 Å². The average Bonchev–Trinajstić information content (AvgIpc) is 3.14. The Balaban J connectivity index is 1.61. The lowest BCUT2D eigenvalue weighted by Crippen LogP contribution is -2.64. The van der Waals surface area contributed by atoms with Crippen molar-refractivity contribution in [2.45, 2.75) is 44.3 Å². The van der Waals surface area contributed by atoms with Crippen molar-refractivity contribution in [2.24, 2.45) is 11.8 Å². The molecule has 9 heteroatoms. The van der Waals surface area contributed by atoms with Crippen LogP contribution < -0.4 is 9.79 Å². The van der Waals surface area contributed by atoms with Crippen molar-refractivity contribution in [2.75, 3.05) is 0 Å². The fraction of sp³-hybridized carbons (Fsp3) is 0.600. The van der Waals surface area contributed by atoms with Gasteiger partial charge in [-0.3, -0.25) is 4.79 Å². The van der Waals surface area contributed by atoms with E-state index in [1.54, 1.807) is 9.36 Å². The number of amides is 1. The summed E-state index contributed by atoms with van der Waals surface area (Å²) in [4.78, 5) is 29.6. The Labute approximate surface area is 145 Å². The van der Waals surface area contributed by atoms with Crippen molar-refractivity contribution in [1.82, 2.24) is 14.6 Å². The predicted octanol–water partition coefficient (Wildman–Crippen LogP) is -1.89. The molecule has 24 heavy (non-hydrogen) atoms. The van der Waals surface area contributed by atoms with Gasteiger partial charge >= 0.3 is 6.30 Å². The normalized spacial score (nSPS) is 33.8. The zero-order valence-electron chi connectivity index (χ0n) is 15.2. The molecule has 4 atom stereocenters. The first-order chi connectivity index (χ1) is 12.2. The number of aromatic nitrogens is 3. The number of hydrogen-bond donors (Lipinski definition) is 1. The van der Waals surface area contributed by atoms with Gasteiger partial charge in [-0.1, -0.05) is 6.92 Å². The highest BCUT2D eigenvalue weighted by molar-refractivity contribution is 8.03. The second-order valence-corrected chi connectivity index (χ2v) is 7.81. The number of carboxylic acids is 1. The molecule has 8 nitrogen and oxygen atoms in total. The third-order valence-electron chi connectivity index (χ3n) is 4.97. The predicted molar refractivity (Wildman–Crippen MR) is 80.8 cm³/mol. The van der Waals surface area contributed by atoms with Gasteiger partial charge in [-0.15, -0.1) is 11.8 Å². The number of aliphatic hydroxyl groups is 1. The van der Waals surface area contributed by atoms with Gasteiger partial charge in [0.1, 0.15) is 7.92 Å². The highest BCUT2D eigenvalue weighted by Gasteiger charge is 2.59. The van der Waals surface area contributed by atoms with E-state index in [0.717, 1.165) is 0 Å². The first-order valence-electron chi connectivity index (χ1n) is 8.79. The summed E-state index contributed by atoms with van der Waals surface area (Å²) in [5.74, 6) is -2.61. The monoisotopic (exact) mass is 352 g/mol. The molecule has 0 radical (unpaired) electrons. The van der Waals surface area contributed by atoms with Gasteiger partial charge in [0.05, 0.1) is 41.5 Å². The van der Waals surface area contributed by atoms with Gasteiger partial charge in [-0.2, -0.15) is 9.36 Å². The van der Waals surface area contributed by atoms with Gasteiger partial charge < -0.3 is 19.9 Å². The number of hydrogen-bond acceptors (Lipinski definition) is 6. The van der Waals surface area contributed by atoms with E-state index >= 15 is 0 Å². The van der Waals surface area contributed by atoms with Crippen molar-refractivity contribution in [3.05, 3.63) is 23.2 Å². The van der Waals surface area contributed by atoms with Crippen molar-refractivity contribution >= 4 is 23.6 Å². The molecule has 1 fully saturated rings. The number of carbonyl (C=O) groups excluding carboxylic acids is 2. The van der Waals surface area contributed by atoms with Crippen molar-refractivity contribution in [3.63, 3.8) is 0 Å². The standard InChI is InChI=1S/C15H18N4O4S/c1-7-11-10(8(2)20)14(21)19(11)12(15(22)23)13(7)24-9-3-17-5-16-6-18(17)4-9/h5-11,20H,3-4H2,1-2H3/t7-,8-,10-,11-/m1/s1/i5D,6D. The second kappa shape index (κ2) is 5.32. The maximum atomic E-state index is 12.3. The van der Waals surface area contributed by atoms with Crippen LogP contribution in [-0.2, 0) is 22.7 Å². The minimum Gasteiger partial charge on any atom is -0.543 e. The van der Waals surface area contributed by atoms with Crippen LogP contribution in [0.1, 0.15) is 16.6 Å². The number of aliphatic carboxylic acids is 1. The molecule has 0 saturated carbocycles. The van der Waals surface area contributed by atoms with Crippen LogP contribution in [0.25, 0.3) is 0 Å². The maximum Gasteiger partial charge on any atom is 0.306 e. The fourth-order valence-corrected chi connectivity index (χ4v) is 5.33. The van der Waals surface area contributed by atoms with Crippen LogP contribution in [0.4, 0.5) is 0 Å². The quantitative estimate of drug-likeness (QED) is 0.502. The van der Waals surface area contributed by atoms with Gasteiger partial charge in [0, 0.05) is 10.8 Å². The highest BCUT2D eigenvalue weighted by atomic mass is 32.2. The van der Waals surface area contributed by atoms with E-state index in [9.17, 15) is 19.8 Å². The number of rotatable bonds is 4. The molecule has 1 aromatic heterocycles. The molecular formula is C15H18N4O4S. The lowest BCUT2D eigenvalue weighted by molar-refractivity contribution is -0.758. The Bertz CT molecular complexity index is 828. The number of nitrogens with zero attached hydrogens (tertiary/aromatic N) is 4. The van der Waals surface area contributed by atoms with Crippen molar-refractivity contribution in [3.8, 4) is 0 Å². The number of carboxylic acid groups (broad SMARTS) is 1. The maximum absolute atomic E-state index is 12.3. The highest BCUT2D eigenvalue weighted by Crippen LogP contribution is 2.51. The van der Waals surface area contributed by atoms with Gasteiger partial charge in [-0.05, 0) is 11.9 Å². The van der Waals surface area contributed by atoms with Crippen LogP contribution in [0.5, 0.6) is 0 Å². The number of fused-ring (bicyclic) bond motifs is 2. The zero-order chi connectivity index (χ0) is 18.9. The molecule has 0 aliphatic carbocycles. The largest absolute Gasteiger partial charge is 0.543 e. The molecular weight excluding hydrogens is 332 g/mol. The molecule has 4 heterocycles. The molecule has 1 N–H and O–H groups in total. The summed E-state index contributed by atoms with van der Waals surface area (Å²) in [6.07, 6.45) is -0.844. The lowest BCUT2D eigenvalue weighted by Gasteiger charge is -2.47. The van der Waals surface area contributed by atoms with Crippen LogP contribution in [0.15, 0.2) is 23.2 Å². The third-order valence-corrected chi connectivity index (χ3v) is 6.42. The Hall–Kier alpha value is -1.87. The van der Waals surface area contributed by atoms with E-state index in [1.807, 2.05) is 6.92 Å². The third kappa shape index (κ3) is 2.04. The average molecular weight is 352 g/mol. The summed E-state index contributed by atoms with van der Waals surface area (Å²) >= 11 is 1.35. The van der Waals surface area contributed by atoms with E-state index in [4.69, 9.17) is 2.74 Å².